The van der Waals surface area contributed by atoms with Crippen molar-refractivity contribution in [3.63, 3.8) is 0 Å². The van der Waals surface area contributed by atoms with Gasteiger partial charge in [0.25, 0.3) is 0 Å². The summed E-state index contributed by atoms with van der Waals surface area (Å²) in [6.07, 6.45) is 4.91. The van der Waals surface area contributed by atoms with E-state index in [9.17, 15) is 4.79 Å². The first kappa shape index (κ1) is 16.3. The molecule has 0 bridgehead atoms. The minimum atomic E-state index is -0.450. The number of nitrogens with zero attached hydrogens (tertiary/aromatic N) is 1. The van der Waals surface area contributed by atoms with Crippen LogP contribution >= 0.6 is 0 Å². The Kier molecular flexibility index (Phi) is 6.11. The molecule has 4 heteroatoms. The molecule has 2 atom stereocenters. The normalized spacial score (nSPS) is 22.8. The molecule has 0 radical (unpaired) electrons. The first-order chi connectivity index (χ1) is 8.85. The lowest BCUT2D eigenvalue weighted by Crippen LogP contribution is -2.46. The monoisotopic (exact) mass is 271 g/mol. The summed E-state index contributed by atoms with van der Waals surface area (Å²) >= 11 is 0. The molecule has 112 valence electrons. The van der Waals surface area contributed by atoms with Gasteiger partial charge < -0.3 is 14.7 Å². The maximum atomic E-state index is 12.3. The molecule has 0 aliphatic carbocycles. The molecular formula is C15H29NO3. The number of likely N-dealkylation sites (tertiary alicyclic amines) is 1. The van der Waals surface area contributed by atoms with Crippen LogP contribution < -0.4 is 0 Å². The van der Waals surface area contributed by atoms with E-state index in [1.54, 1.807) is 0 Å². The molecule has 1 fully saturated rings. The third-order valence-electron chi connectivity index (χ3n) is 3.67. The van der Waals surface area contributed by atoms with Crippen LogP contribution in [-0.2, 0) is 4.74 Å². The molecule has 0 spiro atoms. The molecule has 0 aromatic rings. The van der Waals surface area contributed by atoms with Crippen LogP contribution in [0, 0.1) is 5.92 Å². The number of amides is 1. The van der Waals surface area contributed by atoms with E-state index >= 15 is 0 Å². The van der Waals surface area contributed by atoms with Crippen LogP contribution in [0.25, 0.3) is 0 Å². The van der Waals surface area contributed by atoms with Crippen molar-refractivity contribution in [3.05, 3.63) is 0 Å². The van der Waals surface area contributed by atoms with E-state index in [-0.39, 0.29) is 18.7 Å². The predicted molar refractivity (Wildman–Crippen MR) is 76.1 cm³/mol. The van der Waals surface area contributed by atoms with Gasteiger partial charge in [-0.2, -0.15) is 0 Å². The largest absolute Gasteiger partial charge is 0.444 e. The lowest BCUT2D eigenvalue weighted by Gasteiger charge is -2.35. The van der Waals surface area contributed by atoms with Crippen molar-refractivity contribution < 1.29 is 14.6 Å². The number of carbonyl (C=O) groups is 1. The first-order valence-electron chi connectivity index (χ1n) is 7.45. The van der Waals surface area contributed by atoms with Crippen molar-refractivity contribution in [1.29, 1.82) is 0 Å². The number of aliphatic hydroxyl groups excluding tert-OH is 1. The predicted octanol–water partition coefficient (Wildman–Crippen LogP) is 3.18. The zero-order valence-corrected chi connectivity index (χ0v) is 12.8. The molecule has 19 heavy (non-hydrogen) atoms. The Morgan fingerprint density at radius 3 is 2.63 bits per heavy atom. The fourth-order valence-corrected chi connectivity index (χ4v) is 2.67. The molecule has 1 heterocycles. The number of ether oxygens (including phenoxy) is 1. The second-order valence-electron chi connectivity index (χ2n) is 6.58. The fraction of sp³-hybridized carbons (Fsp3) is 0.933. The van der Waals surface area contributed by atoms with Crippen LogP contribution in [0.4, 0.5) is 4.79 Å². The van der Waals surface area contributed by atoms with Crippen molar-refractivity contribution in [3.8, 4) is 0 Å². The lowest BCUT2D eigenvalue weighted by molar-refractivity contribution is 0.00945. The van der Waals surface area contributed by atoms with Gasteiger partial charge in [0.2, 0.25) is 0 Å². The molecule has 0 aromatic carbocycles. The summed E-state index contributed by atoms with van der Waals surface area (Å²) in [4.78, 5) is 14.2. The van der Waals surface area contributed by atoms with Gasteiger partial charge in [0.05, 0.1) is 0 Å². The Morgan fingerprint density at radius 1 is 1.37 bits per heavy atom. The maximum absolute atomic E-state index is 12.3. The summed E-state index contributed by atoms with van der Waals surface area (Å²) in [7, 11) is 0. The van der Waals surface area contributed by atoms with E-state index in [1.807, 2.05) is 25.7 Å². The third kappa shape index (κ3) is 5.39. The van der Waals surface area contributed by atoms with Gasteiger partial charge in [-0.3, -0.25) is 0 Å². The maximum Gasteiger partial charge on any atom is 0.410 e. The molecule has 1 amide bonds. The quantitative estimate of drug-likeness (QED) is 0.857. The topological polar surface area (TPSA) is 49.8 Å². The minimum absolute atomic E-state index is 0.180. The molecule has 1 N–H and O–H groups in total. The van der Waals surface area contributed by atoms with Crippen molar-refractivity contribution in [2.75, 3.05) is 13.2 Å². The zero-order valence-electron chi connectivity index (χ0n) is 12.8. The summed E-state index contributed by atoms with van der Waals surface area (Å²) in [6.45, 7) is 8.76. The molecule has 1 aliphatic rings. The number of hydrogen-bond donors (Lipinski definition) is 1. The van der Waals surface area contributed by atoms with Crippen LogP contribution in [0.5, 0.6) is 0 Å². The van der Waals surface area contributed by atoms with Crippen LogP contribution in [0.2, 0.25) is 0 Å². The average molecular weight is 271 g/mol. The highest BCUT2D eigenvalue weighted by Crippen LogP contribution is 2.26. The Labute approximate surface area is 117 Å². The second-order valence-corrected chi connectivity index (χ2v) is 6.58. The van der Waals surface area contributed by atoms with Crippen LogP contribution in [0.3, 0.4) is 0 Å². The van der Waals surface area contributed by atoms with Gasteiger partial charge in [0.15, 0.2) is 0 Å². The SMILES string of the molecule is CC(CCO)C1CCCCCN1C(=O)OC(C)(C)C. The Hall–Kier alpha value is -0.770. The van der Waals surface area contributed by atoms with E-state index in [0.29, 0.717) is 5.92 Å². The van der Waals surface area contributed by atoms with Gasteiger partial charge >= 0.3 is 6.09 Å². The summed E-state index contributed by atoms with van der Waals surface area (Å²) in [5.41, 5.74) is -0.450. The minimum Gasteiger partial charge on any atom is -0.444 e. The van der Waals surface area contributed by atoms with Crippen LogP contribution in [0.1, 0.15) is 59.8 Å². The summed E-state index contributed by atoms with van der Waals surface area (Å²) in [5, 5.41) is 9.11. The van der Waals surface area contributed by atoms with Crippen LogP contribution in [-0.4, -0.2) is 40.9 Å². The van der Waals surface area contributed by atoms with Gasteiger partial charge in [-0.05, 0) is 46.0 Å². The standard InChI is InChI=1S/C15H29NO3/c1-12(9-11-17)13-8-6-5-7-10-16(13)14(18)19-15(2,3)4/h12-13,17H,5-11H2,1-4H3. The molecule has 4 nitrogen and oxygen atoms in total. The van der Waals surface area contributed by atoms with Crippen LogP contribution in [0.15, 0.2) is 0 Å². The molecule has 0 aromatic heterocycles. The molecule has 1 rings (SSSR count). The number of hydrogen-bond acceptors (Lipinski definition) is 3. The van der Waals surface area contributed by atoms with Gasteiger partial charge in [-0.25, -0.2) is 4.79 Å². The lowest BCUT2D eigenvalue weighted by atomic mass is 9.94. The number of rotatable bonds is 3. The first-order valence-corrected chi connectivity index (χ1v) is 7.45. The van der Waals surface area contributed by atoms with Crippen molar-refractivity contribution in [2.24, 2.45) is 5.92 Å². The molecule has 1 saturated heterocycles. The van der Waals surface area contributed by atoms with E-state index in [2.05, 4.69) is 6.92 Å². The highest BCUT2D eigenvalue weighted by atomic mass is 16.6. The smallest absolute Gasteiger partial charge is 0.410 e. The van der Waals surface area contributed by atoms with Gasteiger partial charge in [0.1, 0.15) is 5.60 Å². The van der Waals surface area contributed by atoms with E-state index in [4.69, 9.17) is 9.84 Å². The van der Waals surface area contributed by atoms with Crippen molar-refractivity contribution in [1.82, 2.24) is 4.90 Å². The molecule has 2 unspecified atom stereocenters. The fourth-order valence-electron chi connectivity index (χ4n) is 2.67. The van der Waals surface area contributed by atoms with E-state index in [1.165, 1.54) is 6.42 Å². The number of carbonyl (C=O) groups excluding carboxylic acids is 1. The zero-order chi connectivity index (χ0) is 14.5. The summed E-state index contributed by atoms with van der Waals surface area (Å²) in [6, 6.07) is 0.199. The summed E-state index contributed by atoms with van der Waals surface area (Å²) in [5.74, 6) is 0.315. The van der Waals surface area contributed by atoms with E-state index in [0.717, 1.165) is 32.2 Å². The Balaban J connectivity index is 2.75. The second kappa shape index (κ2) is 7.13. The van der Waals surface area contributed by atoms with Gasteiger partial charge in [0, 0.05) is 19.2 Å². The molecular weight excluding hydrogens is 242 g/mol. The van der Waals surface area contributed by atoms with Gasteiger partial charge in [-0.15, -0.1) is 0 Å². The number of aliphatic hydroxyl groups is 1. The van der Waals surface area contributed by atoms with E-state index < -0.39 is 5.60 Å². The highest BCUT2D eigenvalue weighted by molar-refractivity contribution is 5.68. The summed E-state index contributed by atoms with van der Waals surface area (Å²) < 4.78 is 5.52. The average Bonchev–Trinajstić information content (AvgIpc) is 2.52. The van der Waals surface area contributed by atoms with Gasteiger partial charge in [-0.1, -0.05) is 19.8 Å². The Bertz CT molecular complexity index is 286. The highest BCUT2D eigenvalue weighted by Gasteiger charge is 2.32. The third-order valence-corrected chi connectivity index (χ3v) is 3.67. The van der Waals surface area contributed by atoms with Crippen molar-refractivity contribution in [2.45, 2.75) is 71.4 Å². The molecule has 1 aliphatic heterocycles. The van der Waals surface area contributed by atoms with Crippen molar-refractivity contribution >= 4 is 6.09 Å². The molecule has 0 saturated carbocycles. The Morgan fingerprint density at radius 2 is 2.05 bits per heavy atom.